The van der Waals surface area contributed by atoms with Gasteiger partial charge >= 0.3 is 0 Å². The van der Waals surface area contributed by atoms with Crippen LogP contribution in [0.3, 0.4) is 0 Å². The zero-order valence-electron chi connectivity index (χ0n) is 17.3. The van der Waals surface area contributed by atoms with E-state index in [9.17, 15) is 9.90 Å². The molecule has 6 nitrogen and oxygen atoms in total. The molecule has 1 aliphatic heterocycles. The van der Waals surface area contributed by atoms with Gasteiger partial charge in [0.1, 0.15) is 5.82 Å². The number of aromatic nitrogens is 2. The molecule has 0 fully saturated rings. The van der Waals surface area contributed by atoms with Gasteiger partial charge in [-0.15, -0.1) is 0 Å². The lowest BCUT2D eigenvalue weighted by atomic mass is 10.0. The van der Waals surface area contributed by atoms with E-state index in [1.165, 1.54) is 11.1 Å². The van der Waals surface area contributed by atoms with Gasteiger partial charge in [0.2, 0.25) is 0 Å². The largest absolute Gasteiger partial charge is 0.389 e. The van der Waals surface area contributed by atoms with E-state index in [1.54, 1.807) is 0 Å². The number of fused-ring (bicyclic) bond motifs is 1. The molecule has 0 spiro atoms. The smallest absolute Gasteiger partial charge is 0.255 e. The number of nitrogens with one attached hydrogen (secondary N) is 1. The second kappa shape index (κ2) is 8.55. The first-order valence-electron chi connectivity index (χ1n) is 9.91. The molecule has 1 aromatic heterocycles. The number of aliphatic hydroxyl groups excluding tert-OH is 1. The number of aryl methyl sites for hydroxylation is 1. The molecule has 0 amide bonds. The van der Waals surface area contributed by atoms with Crippen LogP contribution in [0.15, 0.2) is 29.1 Å². The second-order valence-electron chi connectivity index (χ2n) is 8.60. The first kappa shape index (κ1) is 20.7. The molecule has 0 unspecified atom stereocenters. The summed E-state index contributed by atoms with van der Waals surface area (Å²) in [6, 6.07) is 8.15. The summed E-state index contributed by atoms with van der Waals surface area (Å²) in [7, 11) is 0. The van der Waals surface area contributed by atoms with Crippen LogP contribution in [0.1, 0.15) is 49.0 Å². The maximum Gasteiger partial charge on any atom is 0.255 e. The van der Waals surface area contributed by atoms with Crippen LogP contribution in [0.4, 0.5) is 0 Å². The summed E-state index contributed by atoms with van der Waals surface area (Å²) in [5, 5.41) is 10.2. The molecule has 0 radical (unpaired) electrons. The number of rotatable bonds is 6. The number of hydrogen-bond acceptors (Lipinski definition) is 5. The summed E-state index contributed by atoms with van der Waals surface area (Å²) in [6.45, 7) is 10.0. The van der Waals surface area contributed by atoms with Crippen molar-refractivity contribution in [2.45, 2.75) is 58.8 Å². The lowest BCUT2D eigenvalue weighted by molar-refractivity contribution is -0.0570. The van der Waals surface area contributed by atoms with Gasteiger partial charge in [-0.1, -0.05) is 24.3 Å². The minimum atomic E-state index is -0.576. The van der Waals surface area contributed by atoms with Gasteiger partial charge in [-0.25, -0.2) is 4.98 Å². The third kappa shape index (κ3) is 5.50. The fourth-order valence-corrected chi connectivity index (χ4v) is 3.46. The quantitative estimate of drug-likeness (QED) is 0.797. The molecule has 6 heteroatoms. The molecular formula is C22H31N3O3. The second-order valence-corrected chi connectivity index (χ2v) is 8.60. The molecule has 2 aromatic rings. The van der Waals surface area contributed by atoms with Crippen molar-refractivity contribution in [3.8, 4) is 0 Å². The fourth-order valence-electron chi connectivity index (χ4n) is 3.46. The van der Waals surface area contributed by atoms with Crippen LogP contribution in [0.2, 0.25) is 0 Å². The van der Waals surface area contributed by atoms with E-state index in [-0.39, 0.29) is 17.8 Å². The lowest BCUT2D eigenvalue weighted by Crippen LogP contribution is -2.42. The Morgan fingerprint density at radius 2 is 2.07 bits per heavy atom. The van der Waals surface area contributed by atoms with Gasteiger partial charge in [-0.05, 0) is 38.8 Å². The molecular weight excluding hydrogens is 354 g/mol. The average Bonchev–Trinajstić information content (AvgIpc) is 2.62. The van der Waals surface area contributed by atoms with Crippen LogP contribution in [0.25, 0.3) is 0 Å². The molecule has 152 valence electrons. The van der Waals surface area contributed by atoms with Gasteiger partial charge in [0.25, 0.3) is 5.56 Å². The molecule has 2 N–H and O–H groups in total. The normalized spacial score (nSPS) is 16.0. The summed E-state index contributed by atoms with van der Waals surface area (Å²) >= 11 is 0. The summed E-state index contributed by atoms with van der Waals surface area (Å²) in [4.78, 5) is 22.4. The maximum absolute atomic E-state index is 12.6. The molecule has 28 heavy (non-hydrogen) atoms. The Labute approximate surface area is 166 Å². The minimum absolute atomic E-state index is 0.0706. The van der Waals surface area contributed by atoms with Crippen LogP contribution in [-0.4, -0.2) is 51.4 Å². The van der Waals surface area contributed by atoms with Gasteiger partial charge in [0.05, 0.1) is 29.6 Å². The molecule has 1 aromatic carbocycles. The molecule has 0 saturated carbocycles. The number of hydrogen-bond donors (Lipinski definition) is 2. The van der Waals surface area contributed by atoms with Gasteiger partial charge in [0.15, 0.2) is 0 Å². The van der Waals surface area contributed by atoms with Crippen LogP contribution in [0, 0.1) is 6.92 Å². The standard InChI is InChI=1S/C22H31N3O3/c1-15-7-5-6-8-16(15)11-20-23-19-9-10-25(13-18(19)21(27)24-20)12-17(26)14-28-22(2,3)4/h5-8,17,26H,9-14H2,1-4H3,(H,23,24,27)/t17-/m0/s1. The van der Waals surface area contributed by atoms with E-state index in [2.05, 4.69) is 28.9 Å². The monoisotopic (exact) mass is 385 g/mol. The average molecular weight is 386 g/mol. The number of benzene rings is 1. The Hall–Kier alpha value is -2.02. The van der Waals surface area contributed by atoms with Crippen LogP contribution in [-0.2, 0) is 24.1 Å². The van der Waals surface area contributed by atoms with Crippen molar-refractivity contribution in [3.63, 3.8) is 0 Å². The molecule has 0 aliphatic carbocycles. The lowest BCUT2D eigenvalue weighted by Gasteiger charge is -2.30. The first-order valence-corrected chi connectivity index (χ1v) is 9.91. The third-order valence-corrected chi connectivity index (χ3v) is 4.99. The van der Waals surface area contributed by atoms with E-state index in [0.717, 1.165) is 12.2 Å². The van der Waals surface area contributed by atoms with E-state index in [4.69, 9.17) is 9.72 Å². The van der Waals surface area contributed by atoms with E-state index < -0.39 is 6.10 Å². The zero-order chi connectivity index (χ0) is 20.3. The van der Waals surface area contributed by atoms with E-state index in [1.807, 2.05) is 32.9 Å². The zero-order valence-corrected chi connectivity index (χ0v) is 17.3. The van der Waals surface area contributed by atoms with Gasteiger partial charge in [-0.3, -0.25) is 9.69 Å². The van der Waals surface area contributed by atoms with Crippen molar-refractivity contribution in [1.29, 1.82) is 0 Å². The highest BCUT2D eigenvalue weighted by Gasteiger charge is 2.23. The van der Waals surface area contributed by atoms with E-state index in [0.29, 0.717) is 37.3 Å². The molecule has 0 bridgehead atoms. The number of aliphatic hydroxyl groups is 1. The topological polar surface area (TPSA) is 78.5 Å². The van der Waals surface area contributed by atoms with Crippen molar-refractivity contribution in [3.05, 3.63) is 62.8 Å². The summed E-state index contributed by atoms with van der Waals surface area (Å²) in [6.07, 6.45) is 0.766. The Bertz CT molecular complexity index is 870. The summed E-state index contributed by atoms with van der Waals surface area (Å²) in [5.41, 5.74) is 3.61. The summed E-state index contributed by atoms with van der Waals surface area (Å²) in [5.74, 6) is 0.713. The number of β-amino-alcohol motifs (C(OH)–C–C–N with tert-alkyl or cyclic N) is 1. The van der Waals surface area contributed by atoms with Crippen molar-refractivity contribution in [2.75, 3.05) is 19.7 Å². The fraction of sp³-hybridized carbons (Fsp3) is 0.545. The molecule has 2 heterocycles. The first-order chi connectivity index (χ1) is 13.2. The van der Waals surface area contributed by atoms with Crippen LogP contribution in [0.5, 0.6) is 0 Å². The van der Waals surface area contributed by atoms with Crippen LogP contribution < -0.4 is 5.56 Å². The predicted octanol–water partition coefficient (Wildman–Crippen LogP) is 2.20. The number of aromatic amines is 1. The Kier molecular flexibility index (Phi) is 6.33. The number of ether oxygens (including phenoxy) is 1. The van der Waals surface area contributed by atoms with Crippen LogP contribution >= 0.6 is 0 Å². The number of H-pyrrole nitrogens is 1. The van der Waals surface area contributed by atoms with E-state index >= 15 is 0 Å². The molecule has 3 rings (SSSR count). The Morgan fingerprint density at radius 1 is 1.32 bits per heavy atom. The van der Waals surface area contributed by atoms with Crippen molar-refractivity contribution in [2.24, 2.45) is 0 Å². The van der Waals surface area contributed by atoms with Gasteiger partial charge in [0, 0.05) is 32.5 Å². The van der Waals surface area contributed by atoms with Crippen molar-refractivity contribution in [1.82, 2.24) is 14.9 Å². The highest BCUT2D eigenvalue weighted by atomic mass is 16.5. The number of nitrogens with zero attached hydrogens (tertiary/aromatic N) is 2. The Morgan fingerprint density at radius 3 is 2.79 bits per heavy atom. The molecule has 1 atom stereocenters. The third-order valence-electron chi connectivity index (χ3n) is 4.99. The van der Waals surface area contributed by atoms with Crippen molar-refractivity contribution < 1.29 is 9.84 Å². The molecule has 1 aliphatic rings. The predicted molar refractivity (Wildman–Crippen MR) is 110 cm³/mol. The SMILES string of the molecule is Cc1ccccc1Cc1nc2c(c(=O)[nH]1)CN(C[C@H](O)COC(C)(C)C)CC2. The molecule has 0 saturated heterocycles. The van der Waals surface area contributed by atoms with Gasteiger partial charge in [-0.2, -0.15) is 0 Å². The highest BCUT2D eigenvalue weighted by Crippen LogP contribution is 2.17. The van der Waals surface area contributed by atoms with Crippen molar-refractivity contribution >= 4 is 0 Å². The van der Waals surface area contributed by atoms with Gasteiger partial charge < -0.3 is 14.8 Å². The highest BCUT2D eigenvalue weighted by molar-refractivity contribution is 5.29. The Balaban J connectivity index is 1.66. The maximum atomic E-state index is 12.6. The summed E-state index contributed by atoms with van der Waals surface area (Å²) < 4.78 is 5.65. The minimum Gasteiger partial charge on any atom is -0.389 e.